The van der Waals surface area contributed by atoms with Crippen LogP contribution < -0.4 is 11.0 Å². The zero-order valence-electron chi connectivity index (χ0n) is 10.4. The molecule has 0 aliphatic rings. The predicted octanol–water partition coefficient (Wildman–Crippen LogP) is 1.44. The Hall–Kier alpha value is -2.15. The van der Waals surface area contributed by atoms with Gasteiger partial charge in [0.05, 0.1) is 0 Å². The third-order valence-corrected chi connectivity index (χ3v) is 3.60. The standard InChI is InChI=1S/C12H13N5OS/c1-8-14-10(6-11-15-16-12(18)17(8)11)13-4-2-9-3-5-19-7-9/h3,5-7,13H,2,4H2,1H3,(H,16,18). The van der Waals surface area contributed by atoms with Gasteiger partial charge in [-0.2, -0.15) is 16.4 Å². The van der Waals surface area contributed by atoms with E-state index < -0.39 is 0 Å². The lowest BCUT2D eigenvalue weighted by Crippen LogP contribution is -2.14. The van der Waals surface area contributed by atoms with Crippen LogP contribution in [0.15, 0.2) is 27.7 Å². The molecule has 0 atom stereocenters. The van der Waals surface area contributed by atoms with E-state index >= 15 is 0 Å². The molecule has 2 N–H and O–H groups in total. The molecule has 0 saturated heterocycles. The Balaban J connectivity index is 1.76. The highest BCUT2D eigenvalue weighted by Gasteiger charge is 2.06. The van der Waals surface area contributed by atoms with E-state index in [0.29, 0.717) is 11.5 Å². The molecule has 0 aliphatic heterocycles. The fourth-order valence-electron chi connectivity index (χ4n) is 1.96. The fourth-order valence-corrected chi connectivity index (χ4v) is 2.66. The number of hydrogen-bond acceptors (Lipinski definition) is 5. The molecule has 3 aromatic rings. The van der Waals surface area contributed by atoms with E-state index in [4.69, 9.17) is 0 Å². The van der Waals surface area contributed by atoms with E-state index in [1.165, 1.54) is 9.96 Å². The summed E-state index contributed by atoms with van der Waals surface area (Å²) in [4.78, 5) is 15.8. The molecule has 0 fully saturated rings. The quantitative estimate of drug-likeness (QED) is 0.755. The second kappa shape index (κ2) is 4.85. The van der Waals surface area contributed by atoms with Gasteiger partial charge in [0.1, 0.15) is 11.6 Å². The van der Waals surface area contributed by atoms with Crippen molar-refractivity contribution in [2.24, 2.45) is 0 Å². The Labute approximate surface area is 113 Å². The number of thiophene rings is 1. The molecule has 3 aromatic heterocycles. The smallest absolute Gasteiger partial charge is 0.349 e. The van der Waals surface area contributed by atoms with Crippen LogP contribution in [0, 0.1) is 6.92 Å². The summed E-state index contributed by atoms with van der Waals surface area (Å²) < 4.78 is 1.45. The highest BCUT2D eigenvalue weighted by Crippen LogP contribution is 2.09. The number of nitrogens with zero attached hydrogens (tertiary/aromatic N) is 3. The van der Waals surface area contributed by atoms with Gasteiger partial charge in [-0.15, -0.1) is 0 Å². The van der Waals surface area contributed by atoms with Crippen molar-refractivity contribution >= 4 is 22.8 Å². The van der Waals surface area contributed by atoms with Crippen LogP contribution in [0.1, 0.15) is 11.4 Å². The number of rotatable bonds is 4. The van der Waals surface area contributed by atoms with E-state index in [9.17, 15) is 4.79 Å². The van der Waals surface area contributed by atoms with Gasteiger partial charge >= 0.3 is 5.69 Å². The first-order valence-electron chi connectivity index (χ1n) is 5.94. The van der Waals surface area contributed by atoms with Crippen LogP contribution in [0.3, 0.4) is 0 Å². The summed E-state index contributed by atoms with van der Waals surface area (Å²) in [7, 11) is 0. The van der Waals surface area contributed by atoms with E-state index in [-0.39, 0.29) is 5.69 Å². The molecule has 3 heterocycles. The number of aryl methyl sites for hydroxylation is 1. The number of hydrogen-bond donors (Lipinski definition) is 2. The molecule has 6 nitrogen and oxygen atoms in total. The van der Waals surface area contributed by atoms with Gasteiger partial charge in [-0.3, -0.25) is 0 Å². The maximum Gasteiger partial charge on any atom is 0.349 e. The third kappa shape index (κ3) is 2.37. The van der Waals surface area contributed by atoms with Crippen LogP contribution in [-0.4, -0.2) is 26.1 Å². The number of nitrogens with one attached hydrogen (secondary N) is 2. The van der Waals surface area contributed by atoms with Gasteiger partial charge in [-0.25, -0.2) is 19.3 Å². The van der Waals surface area contributed by atoms with Crippen molar-refractivity contribution in [2.75, 3.05) is 11.9 Å². The average molecular weight is 275 g/mol. The topological polar surface area (TPSA) is 75.1 Å². The zero-order valence-corrected chi connectivity index (χ0v) is 11.2. The third-order valence-electron chi connectivity index (χ3n) is 2.87. The molecule has 7 heteroatoms. The summed E-state index contributed by atoms with van der Waals surface area (Å²) in [5, 5.41) is 13.8. The lowest BCUT2D eigenvalue weighted by Gasteiger charge is -2.06. The average Bonchev–Trinajstić information content (AvgIpc) is 3.00. The number of H-pyrrole nitrogens is 1. The monoisotopic (exact) mass is 275 g/mol. The summed E-state index contributed by atoms with van der Waals surface area (Å²) in [5.74, 6) is 1.36. The number of fused-ring (bicyclic) bond motifs is 1. The molecule has 98 valence electrons. The Bertz CT molecular complexity index is 743. The van der Waals surface area contributed by atoms with Crippen molar-refractivity contribution in [1.29, 1.82) is 0 Å². The molecular weight excluding hydrogens is 262 g/mol. The predicted molar refractivity (Wildman–Crippen MR) is 74.9 cm³/mol. The minimum atomic E-state index is -0.259. The molecule has 0 unspecified atom stereocenters. The van der Waals surface area contributed by atoms with Crippen LogP contribution in [0.4, 0.5) is 5.82 Å². The summed E-state index contributed by atoms with van der Waals surface area (Å²) >= 11 is 1.70. The minimum Gasteiger partial charge on any atom is -0.370 e. The van der Waals surface area contributed by atoms with Crippen LogP contribution in [0.25, 0.3) is 5.65 Å². The van der Waals surface area contributed by atoms with Crippen molar-refractivity contribution in [3.8, 4) is 0 Å². The molecule has 0 bridgehead atoms. The molecule has 0 aliphatic carbocycles. The van der Waals surface area contributed by atoms with E-state index in [0.717, 1.165) is 18.8 Å². The Kier molecular flexibility index (Phi) is 3.04. The van der Waals surface area contributed by atoms with E-state index in [2.05, 4.69) is 37.3 Å². The number of aromatic amines is 1. The number of aromatic nitrogens is 4. The Morgan fingerprint density at radius 2 is 2.42 bits per heavy atom. The molecule has 0 saturated carbocycles. The van der Waals surface area contributed by atoms with Gasteiger partial charge in [0.15, 0.2) is 5.65 Å². The summed E-state index contributed by atoms with van der Waals surface area (Å²) in [5.41, 5.74) is 1.63. The first-order valence-corrected chi connectivity index (χ1v) is 6.88. The minimum absolute atomic E-state index is 0.259. The molecular formula is C12H13N5OS. The lowest BCUT2D eigenvalue weighted by molar-refractivity contribution is 0.926. The van der Waals surface area contributed by atoms with Crippen molar-refractivity contribution in [3.63, 3.8) is 0 Å². The molecule has 0 amide bonds. The Morgan fingerprint density at radius 3 is 3.21 bits per heavy atom. The zero-order chi connectivity index (χ0) is 13.2. The normalized spacial score (nSPS) is 11.0. The van der Waals surface area contributed by atoms with Crippen LogP contribution in [0.5, 0.6) is 0 Å². The van der Waals surface area contributed by atoms with Crippen LogP contribution in [-0.2, 0) is 6.42 Å². The van der Waals surface area contributed by atoms with Crippen molar-refractivity contribution in [1.82, 2.24) is 19.6 Å². The van der Waals surface area contributed by atoms with Gasteiger partial charge in [0.25, 0.3) is 0 Å². The summed E-state index contributed by atoms with van der Waals surface area (Å²) in [6.07, 6.45) is 0.947. The van der Waals surface area contributed by atoms with Gasteiger partial charge in [0, 0.05) is 12.6 Å². The van der Waals surface area contributed by atoms with Crippen LogP contribution >= 0.6 is 11.3 Å². The second-order valence-electron chi connectivity index (χ2n) is 4.22. The first kappa shape index (κ1) is 11.9. The molecule has 0 spiro atoms. The summed E-state index contributed by atoms with van der Waals surface area (Å²) in [6, 6.07) is 3.88. The largest absolute Gasteiger partial charge is 0.370 e. The van der Waals surface area contributed by atoms with Gasteiger partial charge in [0.2, 0.25) is 0 Å². The van der Waals surface area contributed by atoms with Crippen LogP contribution in [0.2, 0.25) is 0 Å². The van der Waals surface area contributed by atoms with E-state index in [1.807, 2.05) is 0 Å². The van der Waals surface area contributed by atoms with Crippen molar-refractivity contribution in [3.05, 3.63) is 44.8 Å². The fraction of sp³-hybridized carbons (Fsp3) is 0.250. The van der Waals surface area contributed by atoms with Crippen molar-refractivity contribution in [2.45, 2.75) is 13.3 Å². The molecule has 19 heavy (non-hydrogen) atoms. The molecule has 0 aromatic carbocycles. The molecule has 0 radical (unpaired) electrons. The second-order valence-corrected chi connectivity index (χ2v) is 5.00. The van der Waals surface area contributed by atoms with E-state index in [1.54, 1.807) is 24.3 Å². The highest BCUT2D eigenvalue weighted by atomic mass is 32.1. The van der Waals surface area contributed by atoms with Gasteiger partial charge in [-0.1, -0.05) is 0 Å². The van der Waals surface area contributed by atoms with Gasteiger partial charge < -0.3 is 5.32 Å². The van der Waals surface area contributed by atoms with Crippen molar-refractivity contribution < 1.29 is 0 Å². The SMILES string of the molecule is Cc1nc(NCCc2ccsc2)cc2n[nH]c(=O)n12. The highest BCUT2D eigenvalue weighted by molar-refractivity contribution is 7.07. The van der Waals surface area contributed by atoms with Gasteiger partial charge in [-0.05, 0) is 35.7 Å². The maximum absolute atomic E-state index is 11.5. The molecule has 3 rings (SSSR count). The Morgan fingerprint density at radius 1 is 1.53 bits per heavy atom. The summed E-state index contributed by atoms with van der Waals surface area (Å²) in [6.45, 7) is 2.59. The lowest BCUT2D eigenvalue weighted by atomic mass is 10.2. The first-order chi connectivity index (χ1) is 9.24. The maximum atomic E-state index is 11.5. The number of anilines is 1.